The van der Waals surface area contributed by atoms with Crippen LogP contribution in [0.3, 0.4) is 0 Å². The Bertz CT molecular complexity index is 330. The Morgan fingerprint density at radius 1 is 1.11 bits per heavy atom. The van der Waals surface area contributed by atoms with Crippen LogP contribution in [0, 0.1) is 0 Å². The van der Waals surface area contributed by atoms with Gasteiger partial charge in [-0.2, -0.15) is 0 Å². The maximum Gasteiger partial charge on any atom is 0.329 e. The van der Waals surface area contributed by atoms with Crippen molar-refractivity contribution in [2.75, 3.05) is 19.8 Å². The normalized spacial score (nSPS) is 27.3. The molecule has 6 nitrogen and oxygen atoms in total. The van der Waals surface area contributed by atoms with E-state index in [1.165, 1.54) is 0 Å². The number of aliphatic carboxylic acids is 1. The Morgan fingerprint density at radius 2 is 1.79 bits per heavy atom. The topological polar surface area (TPSA) is 84.9 Å². The van der Waals surface area contributed by atoms with Crippen LogP contribution in [0.1, 0.15) is 38.5 Å². The minimum absolute atomic E-state index is 0.196. The molecular weight excluding hydrogens is 250 g/mol. The van der Waals surface area contributed by atoms with Gasteiger partial charge in [-0.05, 0) is 12.8 Å². The van der Waals surface area contributed by atoms with E-state index < -0.39 is 17.6 Å². The van der Waals surface area contributed by atoms with Crippen molar-refractivity contribution < 1.29 is 24.2 Å². The number of ether oxygens (including phenoxy) is 2. The third-order valence-corrected chi connectivity index (χ3v) is 3.84. The first kappa shape index (κ1) is 14.3. The van der Waals surface area contributed by atoms with Gasteiger partial charge in [-0.25, -0.2) is 4.79 Å². The molecule has 2 N–H and O–H groups in total. The summed E-state index contributed by atoms with van der Waals surface area (Å²) in [6.45, 7) is 1.05. The quantitative estimate of drug-likeness (QED) is 0.738. The SMILES string of the molecule is O=C(NC1(C(=O)O)CCCCCC1)C1COCCO1. The summed E-state index contributed by atoms with van der Waals surface area (Å²) in [5.74, 6) is -1.32. The summed E-state index contributed by atoms with van der Waals surface area (Å²) >= 11 is 0. The van der Waals surface area contributed by atoms with Gasteiger partial charge in [0.2, 0.25) is 0 Å². The molecule has 0 radical (unpaired) electrons. The van der Waals surface area contributed by atoms with E-state index in [2.05, 4.69) is 5.32 Å². The van der Waals surface area contributed by atoms with Gasteiger partial charge in [-0.15, -0.1) is 0 Å². The lowest BCUT2D eigenvalue weighted by molar-refractivity contribution is -0.157. The summed E-state index contributed by atoms with van der Waals surface area (Å²) in [5, 5.41) is 12.2. The van der Waals surface area contributed by atoms with Crippen molar-refractivity contribution in [2.24, 2.45) is 0 Å². The third-order valence-electron chi connectivity index (χ3n) is 3.84. The second-order valence-corrected chi connectivity index (χ2v) is 5.23. The molecule has 1 aliphatic heterocycles. The minimum atomic E-state index is -1.13. The van der Waals surface area contributed by atoms with Gasteiger partial charge in [-0.1, -0.05) is 25.7 Å². The Hall–Kier alpha value is -1.14. The van der Waals surface area contributed by atoms with Crippen molar-refractivity contribution in [3.05, 3.63) is 0 Å². The van der Waals surface area contributed by atoms with Crippen LogP contribution in [-0.4, -0.2) is 48.4 Å². The monoisotopic (exact) mass is 271 g/mol. The summed E-state index contributed by atoms with van der Waals surface area (Å²) in [6.07, 6.45) is 3.99. The van der Waals surface area contributed by atoms with E-state index in [9.17, 15) is 14.7 Å². The van der Waals surface area contributed by atoms with E-state index in [0.717, 1.165) is 25.7 Å². The smallest absolute Gasteiger partial charge is 0.329 e. The van der Waals surface area contributed by atoms with Crippen LogP contribution < -0.4 is 5.32 Å². The fourth-order valence-electron chi connectivity index (χ4n) is 2.68. The zero-order valence-electron chi connectivity index (χ0n) is 11.0. The molecule has 0 aromatic heterocycles. The highest BCUT2D eigenvalue weighted by molar-refractivity contribution is 5.89. The lowest BCUT2D eigenvalue weighted by Crippen LogP contribution is -2.58. The van der Waals surface area contributed by atoms with Gasteiger partial charge in [0.1, 0.15) is 5.54 Å². The number of carboxylic acids is 1. The maximum atomic E-state index is 12.1. The molecular formula is C13H21NO5. The number of carboxylic acid groups (broad SMARTS) is 1. The van der Waals surface area contributed by atoms with Crippen molar-refractivity contribution in [3.63, 3.8) is 0 Å². The highest BCUT2D eigenvalue weighted by Gasteiger charge is 2.41. The second kappa shape index (κ2) is 6.34. The third kappa shape index (κ3) is 3.45. The Kier molecular flexibility index (Phi) is 4.76. The van der Waals surface area contributed by atoms with Crippen molar-refractivity contribution in [1.82, 2.24) is 5.32 Å². The Labute approximate surface area is 112 Å². The molecule has 19 heavy (non-hydrogen) atoms. The number of nitrogens with one attached hydrogen (secondary N) is 1. The minimum Gasteiger partial charge on any atom is -0.480 e. The van der Waals surface area contributed by atoms with Crippen LogP contribution in [0.15, 0.2) is 0 Å². The second-order valence-electron chi connectivity index (χ2n) is 5.23. The first-order chi connectivity index (χ1) is 9.14. The van der Waals surface area contributed by atoms with Crippen molar-refractivity contribution >= 4 is 11.9 Å². The number of carbonyl (C=O) groups excluding carboxylic acids is 1. The molecule has 1 aliphatic carbocycles. The molecule has 108 valence electrons. The molecule has 1 unspecified atom stereocenters. The average molecular weight is 271 g/mol. The standard InChI is InChI=1S/C13H21NO5/c15-11(10-9-18-7-8-19-10)14-13(12(16)17)5-3-1-2-4-6-13/h10H,1-9H2,(H,14,15)(H,16,17). The highest BCUT2D eigenvalue weighted by Crippen LogP contribution is 2.27. The molecule has 0 spiro atoms. The van der Waals surface area contributed by atoms with E-state index in [4.69, 9.17) is 9.47 Å². The zero-order chi connectivity index (χ0) is 13.7. The Morgan fingerprint density at radius 3 is 2.32 bits per heavy atom. The highest BCUT2D eigenvalue weighted by atomic mass is 16.6. The number of carbonyl (C=O) groups is 2. The lowest BCUT2D eigenvalue weighted by Gasteiger charge is -2.32. The number of rotatable bonds is 3. The van der Waals surface area contributed by atoms with Gasteiger partial charge in [0, 0.05) is 0 Å². The van der Waals surface area contributed by atoms with Gasteiger partial charge in [0.15, 0.2) is 6.10 Å². The molecule has 2 aliphatic rings. The van der Waals surface area contributed by atoms with Crippen molar-refractivity contribution in [3.8, 4) is 0 Å². The van der Waals surface area contributed by atoms with E-state index in [1.807, 2.05) is 0 Å². The summed E-state index contributed by atoms with van der Waals surface area (Å²) in [6, 6.07) is 0. The molecule has 1 amide bonds. The molecule has 1 atom stereocenters. The maximum absolute atomic E-state index is 12.1. The van der Waals surface area contributed by atoms with Crippen LogP contribution in [-0.2, 0) is 19.1 Å². The first-order valence-electron chi connectivity index (χ1n) is 6.89. The molecule has 2 fully saturated rings. The van der Waals surface area contributed by atoms with Gasteiger partial charge in [0.05, 0.1) is 19.8 Å². The van der Waals surface area contributed by atoms with Gasteiger partial charge >= 0.3 is 5.97 Å². The first-order valence-corrected chi connectivity index (χ1v) is 6.89. The predicted octanol–water partition coefficient (Wildman–Crippen LogP) is 0.696. The molecule has 0 aromatic carbocycles. The van der Waals surface area contributed by atoms with Crippen LogP contribution >= 0.6 is 0 Å². The summed E-state index contributed by atoms with van der Waals surface area (Å²) in [7, 11) is 0. The number of hydrogen-bond acceptors (Lipinski definition) is 4. The summed E-state index contributed by atoms with van der Waals surface area (Å²) < 4.78 is 10.5. The lowest BCUT2D eigenvalue weighted by atomic mass is 9.90. The van der Waals surface area contributed by atoms with Crippen molar-refractivity contribution in [1.29, 1.82) is 0 Å². The molecule has 0 bridgehead atoms. The van der Waals surface area contributed by atoms with E-state index >= 15 is 0 Å². The van der Waals surface area contributed by atoms with Crippen LogP contribution in [0.4, 0.5) is 0 Å². The van der Waals surface area contributed by atoms with Gasteiger partial charge in [-0.3, -0.25) is 4.79 Å². The molecule has 6 heteroatoms. The predicted molar refractivity (Wildman–Crippen MR) is 66.8 cm³/mol. The molecule has 1 saturated heterocycles. The summed E-state index contributed by atoms with van der Waals surface area (Å²) in [5.41, 5.74) is -1.13. The fraction of sp³-hybridized carbons (Fsp3) is 0.846. The van der Waals surface area contributed by atoms with Crippen LogP contribution in [0.25, 0.3) is 0 Å². The number of amides is 1. The average Bonchev–Trinajstić information content (AvgIpc) is 2.66. The van der Waals surface area contributed by atoms with E-state index in [1.54, 1.807) is 0 Å². The van der Waals surface area contributed by atoms with E-state index in [-0.39, 0.29) is 12.5 Å². The van der Waals surface area contributed by atoms with Crippen LogP contribution in [0.2, 0.25) is 0 Å². The Balaban J connectivity index is 2.02. The summed E-state index contributed by atoms with van der Waals surface area (Å²) in [4.78, 5) is 23.7. The molecule has 1 saturated carbocycles. The van der Waals surface area contributed by atoms with Gasteiger partial charge in [0.25, 0.3) is 5.91 Å². The van der Waals surface area contributed by atoms with Crippen LogP contribution in [0.5, 0.6) is 0 Å². The molecule has 0 aromatic rings. The largest absolute Gasteiger partial charge is 0.480 e. The fourth-order valence-corrected chi connectivity index (χ4v) is 2.68. The van der Waals surface area contributed by atoms with E-state index in [0.29, 0.717) is 26.1 Å². The molecule has 1 heterocycles. The zero-order valence-corrected chi connectivity index (χ0v) is 11.0. The van der Waals surface area contributed by atoms with Gasteiger partial charge < -0.3 is 19.9 Å². The molecule has 2 rings (SSSR count). The number of hydrogen-bond donors (Lipinski definition) is 2. The van der Waals surface area contributed by atoms with Crippen molar-refractivity contribution in [2.45, 2.75) is 50.2 Å².